The van der Waals surface area contributed by atoms with Crippen LogP contribution in [0.25, 0.3) is 0 Å². The van der Waals surface area contributed by atoms with Crippen molar-refractivity contribution in [1.29, 1.82) is 0 Å². The number of anilines is 1. The van der Waals surface area contributed by atoms with Gasteiger partial charge in [-0.05, 0) is 36.8 Å². The molecule has 1 aliphatic carbocycles. The summed E-state index contributed by atoms with van der Waals surface area (Å²) in [4.78, 5) is 4.05. The van der Waals surface area contributed by atoms with Gasteiger partial charge >= 0.3 is 0 Å². The summed E-state index contributed by atoms with van der Waals surface area (Å²) in [5.41, 5.74) is 6.98. The van der Waals surface area contributed by atoms with Gasteiger partial charge in [0.15, 0.2) is 0 Å². The van der Waals surface area contributed by atoms with Gasteiger partial charge in [-0.2, -0.15) is 0 Å². The molecule has 3 N–H and O–H groups in total. The molecule has 1 unspecified atom stereocenters. The topological polar surface area (TPSA) is 59.1 Å². The minimum Gasteiger partial charge on any atom is -0.398 e. The molecule has 3 nitrogen and oxygen atoms in total. The first-order chi connectivity index (χ1) is 7.15. The van der Waals surface area contributed by atoms with Gasteiger partial charge in [0, 0.05) is 24.5 Å². The van der Waals surface area contributed by atoms with E-state index in [0.29, 0.717) is 12.3 Å². The van der Waals surface area contributed by atoms with Crippen LogP contribution in [0.2, 0.25) is 0 Å². The highest BCUT2D eigenvalue weighted by Gasteiger charge is 2.42. The molecule has 0 bridgehead atoms. The van der Waals surface area contributed by atoms with Gasteiger partial charge in [-0.3, -0.25) is 4.98 Å². The van der Waals surface area contributed by atoms with Crippen LogP contribution in [-0.2, 0) is 6.42 Å². The molecular formula is C12H18N2O. The molecule has 3 heteroatoms. The number of aliphatic hydroxyl groups is 1. The predicted molar refractivity (Wildman–Crippen MR) is 60.3 cm³/mol. The van der Waals surface area contributed by atoms with E-state index in [1.54, 1.807) is 18.5 Å². The molecule has 1 aliphatic rings. The number of nitrogens with zero attached hydrogens (tertiary/aromatic N) is 1. The van der Waals surface area contributed by atoms with Crippen LogP contribution in [0.15, 0.2) is 18.5 Å². The Labute approximate surface area is 90.3 Å². The fourth-order valence-electron chi connectivity index (χ4n) is 2.09. The molecule has 0 radical (unpaired) electrons. The van der Waals surface area contributed by atoms with Crippen LogP contribution in [0.3, 0.4) is 0 Å². The largest absolute Gasteiger partial charge is 0.398 e. The van der Waals surface area contributed by atoms with Crippen molar-refractivity contribution in [1.82, 2.24) is 4.98 Å². The molecule has 0 saturated heterocycles. The van der Waals surface area contributed by atoms with E-state index in [0.717, 1.165) is 30.5 Å². The Morgan fingerprint density at radius 3 is 2.87 bits per heavy atom. The monoisotopic (exact) mass is 206 g/mol. The minimum absolute atomic E-state index is 0.460. The summed E-state index contributed by atoms with van der Waals surface area (Å²) in [6.45, 7) is 2.03. The molecule has 82 valence electrons. The van der Waals surface area contributed by atoms with E-state index in [1.807, 2.05) is 6.92 Å². The van der Waals surface area contributed by atoms with Crippen LogP contribution >= 0.6 is 0 Å². The Morgan fingerprint density at radius 2 is 2.33 bits per heavy atom. The lowest BCUT2D eigenvalue weighted by Crippen LogP contribution is -2.33. The van der Waals surface area contributed by atoms with Crippen LogP contribution in [-0.4, -0.2) is 15.7 Å². The van der Waals surface area contributed by atoms with Gasteiger partial charge in [-0.15, -0.1) is 0 Å². The van der Waals surface area contributed by atoms with E-state index in [2.05, 4.69) is 4.98 Å². The zero-order valence-electron chi connectivity index (χ0n) is 9.11. The van der Waals surface area contributed by atoms with Gasteiger partial charge in [-0.1, -0.05) is 6.92 Å². The first-order valence-electron chi connectivity index (χ1n) is 5.56. The maximum Gasteiger partial charge on any atom is 0.0714 e. The molecule has 1 aromatic rings. The summed E-state index contributed by atoms with van der Waals surface area (Å²) in [6, 6.07) is 1.79. The van der Waals surface area contributed by atoms with Crippen molar-refractivity contribution < 1.29 is 5.11 Å². The van der Waals surface area contributed by atoms with Gasteiger partial charge in [0.1, 0.15) is 0 Å². The Kier molecular flexibility index (Phi) is 2.65. The number of nitrogens with two attached hydrogens (primary N) is 1. The number of aromatic nitrogens is 1. The summed E-state index contributed by atoms with van der Waals surface area (Å²) >= 11 is 0. The third kappa shape index (κ3) is 2.12. The normalized spacial score (nSPS) is 19.9. The van der Waals surface area contributed by atoms with Gasteiger partial charge in [0.2, 0.25) is 0 Å². The molecular weight excluding hydrogens is 188 g/mol. The fraction of sp³-hybridized carbons (Fsp3) is 0.583. The van der Waals surface area contributed by atoms with E-state index < -0.39 is 5.60 Å². The number of nitrogen functional groups attached to an aromatic ring is 1. The molecule has 2 rings (SSSR count). The van der Waals surface area contributed by atoms with Crippen molar-refractivity contribution in [2.75, 3.05) is 5.73 Å². The molecule has 1 heterocycles. The van der Waals surface area contributed by atoms with Crippen molar-refractivity contribution in [2.24, 2.45) is 5.92 Å². The first kappa shape index (κ1) is 10.4. The molecule has 0 aliphatic heterocycles. The van der Waals surface area contributed by atoms with E-state index in [-0.39, 0.29) is 0 Å². The van der Waals surface area contributed by atoms with E-state index in [4.69, 9.17) is 5.73 Å². The smallest absolute Gasteiger partial charge is 0.0714 e. The molecule has 0 amide bonds. The van der Waals surface area contributed by atoms with Crippen molar-refractivity contribution in [3.05, 3.63) is 24.0 Å². The van der Waals surface area contributed by atoms with Crippen molar-refractivity contribution in [2.45, 2.75) is 38.2 Å². The average Bonchev–Trinajstić information content (AvgIpc) is 3.05. The third-order valence-electron chi connectivity index (χ3n) is 3.39. The molecule has 1 atom stereocenters. The van der Waals surface area contributed by atoms with E-state index >= 15 is 0 Å². The Morgan fingerprint density at radius 1 is 1.60 bits per heavy atom. The SMILES string of the molecule is CCC(O)(Cc1cnccc1N)C1CC1. The quantitative estimate of drug-likeness (QED) is 0.789. The molecule has 1 fully saturated rings. The van der Waals surface area contributed by atoms with Crippen LogP contribution in [0.4, 0.5) is 5.69 Å². The van der Waals surface area contributed by atoms with Gasteiger partial charge in [0.25, 0.3) is 0 Å². The minimum atomic E-state index is -0.572. The van der Waals surface area contributed by atoms with Gasteiger partial charge in [0.05, 0.1) is 5.60 Å². The average molecular weight is 206 g/mol. The summed E-state index contributed by atoms with van der Waals surface area (Å²) in [6.07, 6.45) is 7.15. The summed E-state index contributed by atoms with van der Waals surface area (Å²) in [5.74, 6) is 0.460. The van der Waals surface area contributed by atoms with Gasteiger partial charge in [-0.25, -0.2) is 0 Å². The van der Waals surface area contributed by atoms with Gasteiger partial charge < -0.3 is 10.8 Å². The molecule has 1 aromatic heterocycles. The molecule has 0 spiro atoms. The number of rotatable bonds is 4. The van der Waals surface area contributed by atoms with E-state index in [1.165, 1.54) is 0 Å². The Balaban J connectivity index is 2.16. The first-order valence-corrected chi connectivity index (χ1v) is 5.56. The standard InChI is InChI=1S/C12H18N2O/c1-2-12(15,10-3-4-10)7-9-8-14-6-5-11(9)13/h5-6,8,10,15H,2-4,7H2,1H3,(H2,13,14). The zero-order valence-corrected chi connectivity index (χ0v) is 9.11. The number of hydrogen-bond donors (Lipinski definition) is 2. The lowest BCUT2D eigenvalue weighted by molar-refractivity contribution is 0.0140. The summed E-state index contributed by atoms with van der Waals surface area (Å²) in [5, 5.41) is 10.5. The van der Waals surface area contributed by atoms with Crippen LogP contribution in [0, 0.1) is 5.92 Å². The highest BCUT2D eigenvalue weighted by Crippen LogP contribution is 2.43. The number of pyridine rings is 1. The van der Waals surface area contributed by atoms with Crippen molar-refractivity contribution in [3.8, 4) is 0 Å². The zero-order chi connectivity index (χ0) is 10.9. The lowest BCUT2D eigenvalue weighted by Gasteiger charge is -2.27. The maximum absolute atomic E-state index is 10.5. The summed E-state index contributed by atoms with van der Waals surface area (Å²) < 4.78 is 0. The third-order valence-corrected chi connectivity index (χ3v) is 3.39. The summed E-state index contributed by atoms with van der Waals surface area (Å²) in [7, 11) is 0. The second kappa shape index (κ2) is 3.81. The van der Waals surface area contributed by atoms with Crippen LogP contribution in [0.5, 0.6) is 0 Å². The Bertz CT molecular complexity index is 349. The van der Waals surface area contributed by atoms with Crippen LogP contribution < -0.4 is 5.73 Å². The van der Waals surface area contributed by atoms with Crippen molar-refractivity contribution in [3.63, 3.8) is 0 Å². The van der Waals surface area contributed by atoms with Crippen molar-refractivity contribution >= 4 is 5.69 Å². The molecule has 15 heavy (non-hydrogen) atoms. The predicted octanol–water partition coefficient (Wildman–Crippen LogP) is 1.76. The second-order valence-electron chi connectivity index (χ2n) is 4.48. The Hall–Kier alpha value is -1.09. The second-order valence-corrected chi connectivity index (χ2v) is 4.48. The number of hydrogen-bond acceptors (Lipinski definition) is 3. The lowest BCUT2D eigenvalue weighted by atomic mass is 9.87. The fourth-order valence-corrected chi connectivity index (χ4v) is 2.09. The highest BCUT2D eigenvalue weighted by molar-refractivity contribution is 5.45. The van der Waals surface area contributed by atoms with Crippen LogP contribution in [0.1, 0.15) is 31.7 Å². The van der Waals surface area contributed by atoms with E-state index in [9.17, 15) is 5.11 Å². The molecule has 1 saturated carbocycles. The maximum atomic E-state index is 10.5. The highest BCUT2D eigenvalue weighted by atomic mass is 16.3. The molecule has 0 aromatic carbocycles.